The molecule has 0 amide bonds. The largest absolute Gasteiger partial charge is 0.447 e. The third kappa shape index (κ3) is 2.84. The van der Waals surface area contributed by atoms with E-state index in [0.717, 1.165) is 6.07 Å². The fourth-order valence-corrected chi connectivity index (χ4v) is 1.65. The number of ether oxygens (including phenoxy) is 1. The average molecular weight is 293 g/mol. The third-order valence-electron chi connectivity index (χ3n) is 2.40. The van der Waals surface area contributed by atoms with Crippen LogP contribution in [-0.4, -0.2) is 4.92 Å². The highest BCUT2D eigenvalue weighted by molar-refractivity contribution is 6.30. The van der Waals surface area contributed by atoms with Crippen LogP contribution in [0.3, 0.4) is 0 Å². The Morgan fingerprint density at radius 2 is 2.00 bits per heavy atom. The van der Waals surface area contributed by atoms with Crippen LogP contribution in [-0.2, 0) is 0 Å². The minimum Gasteiger partial charge on any atom is -0.447 e. The highest BCUT2D eigenvalue weighted by atomic mass is 35.5. The predicted octanol–water partition coefficient (Wildman–Crippen LogP) is 4.05. The molecule has 7 heteroatoms. The van der Waals surface area contributed by atoms with Gasteiger partial charge in [-0.05, 0) is 24.3 Å². The summed E-state index contributed by atoms with van der Waals surface area (Å²) in [7, 11) is 0. The maximum Gasteiger partial charge on any atom is 0.311 e. The molecule has 0 fully saturated rings. The van der Waals surface area contributed by atoms with Crippen molar-refractivity contribution in [3.8, 4) is 17.6 Å². The molecule has 0 saturated carbocycles. The fourth-order valence-electron chi connectivity index (χ4n) is 1.49. The second kappa shape index (κ2) is 5.55. The van der Waals surface area contributed by atoms with E-state index in [9.17, 15) is 14.5 Å². The quantitative estimate of drug-likeness (QED) is 0.631. The van der Waals surface area contributed by atoms with Gasteiger partial charge in [-0.25, -0.2) is 4.39 Å². The first-order valence-electron chi connectivity index (χ1n) is 5.32. The summed E-state index contributed by atoms with van der Waals surface area (Å²) in [5.41, 5.74) is -0.214. The lowest BCUT2D eigenvalue weighted by atomic mass is 10.2. The minimum atomic E-state index is -0.793. The van der Waals surface area contributed by atoms with Gasteiger partial charge >= 0.3 is 5.69 Å². The molecule has 0 aliphatic heterocycles. The van der Waals surface area contributed by atoms with Crippen LogP contribution in [0.2, 0.25) is 5.02 Å². The molecule has 0 N–H and O–H groups in total. The monoisotopic (exact) mass is 292 g/mol. The van der Waals surface area contributed by atoms with Crippen LogP contribution in [0.5, 0.6) is 11.5 Å². The van der Waals surface area contributed by atoms with E-state index in [2.05, 4.69) is 0 Å². The Morgan fingerprint density at radius 1 is 1.25 bits per heavy atom. The van der Waals surface area contributed by atoms with E-state index in [1.54, 1.807) is 6.07 Å². The summed E-state index contributed by atoms with van der Waals surface area (Å²) in [5, 5.41) is 19.7. The summed E-state index contributed by atoms with van der Waals surface area (Å²) >= 11 is 5.74. The highest BCUT2D eigenvalue weighted by Crippen LogP contribution is 2.34. The lowest BCUT2D eigenvalue weighted by Gasteiger charge is -2.07. The van der Waals surface area contributed by atoms with Gasteiger partial charge in [-0.2, -0.15) is 5.26 Å². The number of benzene rings is 2. The summed E-state index contributed by atoms with van der Waals surface area (Å²) in [5.74, 6) is -1.20. The van der Waals surface area contributed by atoms with E-state index >= 15 is 0 Å². The van der Waals surface area contributed by atoms with Crippen LogP contribution in [0.4, 0.5) is 10.1 Å². The summed E-state index contributed by atoms with van der Waals surface area (Å²) in [6, 6.07) is 9.03. The van der Waals surface area contributed by atoms with Crippen molar-refractivity contribution in [3.05, 3.63) is 62.9 Å². The number of nitriles is 1. The van der Waals surface area contributed by atoms with Crippen LogP contribution in [0.25, 0.3) is 0 Å². The zero-order chi connectivity index (χ0) is 14.7. The molecule has 0 aliphatic carbocycles. The maximum atomic E-state index is 13.7. The number of hydrogen-bond acceptors (Lipinski definition) is 4. The molecule has 0 unspecified atom stereocenters. The summed E-state index contributed by atoms with van der Waals surface area (Å²) < 4.78 is 18.8. The Bertz CT molecular complexity index is 728. The first kappa shape index (κ1) is 13.8. The standard InChI is InChI=1S/C13H6ClFN2O3/c14-9-2-3-11(17(18)19)13(6-9)20-12-4-1-8(7-16)5-10(12)15/h1-6H. The molecule has 0 aliphatic rings. The minimum absolute atomic E-state index is 0.121. The van der Waals surface area contributed by atoms with Gasteiger partial charge in [0.1, 0.15) is 0 Å². The van der Waals surface area contributed by atoms with Gasteiger partial charge in [0.15, 0.2) is 11.6 Å². The van der Waals surface area contributed by atoms with Gasteiger partial charge in [0.25, 0.3) is 0 Å². The Labute approximate surface area is 117 Å². The van der Waals surface area contributed by atoms with E-state index in [1.807, 2.05) is 0 Å². The molecule has 5 nitrogen and oxygen atoms in total. The van der Waals surface area contributed by atoms with Crippen LogP contribution < -0.4 is 4.74 Å². The van der Waals surface area contributed by atoms with Crippen molar-refractivity contribution in [1.82, 2.24) is 0 Å². The molecule has 0 bridgehead atoms. The van der Waals surface area contributed by atoms with Crippen molar-refractivity contribution in [1.29, 1.82) is 5.26 Å². The zero-order valence-electron chi connectivity index (χ0n) is 9.84. The van der Waals surface area contributed by atoms with Crippen molar-refractivity contribution in [2.24, 2.45) is 0 Å². The van der Waals surface area contributed by atoms with E-state index in [0.29, 0.717) is 0 Å². The summed E-state index contributed by atoms with van der Waals surface area (Å²) in [4.78, 5) is 10.2. The molecule has 2 aromatic carbocycles. The van der Waals surface area contributed by atoms with E-state index in [1.165, 1.54) is 30.3 Å². The number of halogens is 2. The molecule has 0 spiro atoms. The average Bonchev–Trinajstić information content (AvgIpc) is 2.40. The van der Waals surface area contributed by atoms with Crippen molar-refractivity contribution in [3.63, 3.8) is 0 Å². The second-order valence-corrected chi connectivity index (χ2v) is 4.16. The molecule has 2 aromatic rings. The van der Waals surface area contributed by atoms with Crippen molar-refractivity contribution >= 4 is 17.3 Å². The molecule has 0 radical (unpaired) electrons. The summed E-state index contributed by atoms with van der Waals surface area (Å²) in [6.07, 6.45) is 0. The van der Waals surface area contributed by atoms with Crippen LogP contribution in [0, 0.1) is 27.3 Å². The lowest BCUT2D eigenvalue weighted by Crippen LogP contribution is -1.95. The van der Waals surface area contributed by atoms with Gasteiger partial charge in [-0.3, -0.25) is 10.1 Å². The van der Waals surface area contributed by atoms with Gasteiger partial charge in [0.2, 0.25) is 5.75 Å². The SMILES string of the molecule is N#Cc1ccc(Oc2cc(Cl)ccc2[N+](=O)[O-])c(F)c1. The van der Waals surface area contributed by atoms with Crippen LogP contribution in [0.15, 0.2) is 36.4 Å². The number of rotatable bonds is 3. The second-order valence-electron chi connectivity index (χ2n) is 3.73. The number of hydrogen-bond donors (Lipinski definition) is 0. The van der Waals surface area contributed by atoms with Crippen molar-refractivity contribution < 1.29 is 14.1 Å². The Hall–Kier alpha value is -2.65. The molecule has 0 aromatic heterocycles. The first-order valence-corrected chi connectivity index (χ1v) is 5.70. The van der Waals surface area contributed by atoms with Crippen molar-refractivity contribution in [2.75, 3.05) is 0 Å². The number of nitrogens with zero attached hydrogens (tertiary/aromatic N) is 2. The Kier molecular flexibility index (Phi) is 3.82. The molecule has 2 rings (SSSR count). The van der Waals surface area contributed by atoms with Gasteiger partial charge in [-0.15, -0.1) is 0 Å². The normalized spacial score (nSPS) is 9.85. The lowest BCUT2D eigenvalue weighted by molar-refractivity contribution is -0.385. The Balaban J connectivity index is 2.42. The van der Waals surface area contributed by atoms with Crippen molar-refractivity contribution in [2.45, 2.75) is 0 Å². The summed E-state index contributed by atoms with van der Waals surface area (Å²) in [6.45, 7) is 0. The Morgan fingerprint density at radius 3 is 2.60 bits per heavy atom. The van der Waals surface area contributed by atoms with Crippen LogP contribution >= 0.6 is 11.6 Å². The fraction of sp³-hybridized carbons (Fsp3) is 0. The van der Waals surface area contributed by atoms with Gasteiger partial charge in [0.05, 0.1) is 16.6 Å². The highest BCUT2D eigenvalue weighted by Gasteiger charge is 2.17. The molecule has 0 heterocycles. The van der Waals surface area contributed by atoms with Crippen LogP contribution in [0.1, 0.15) is 5.56 Å². The zero-order valence-corrected chi connectivity index (χ0v) is 10.6. The topological polar surface area (TPSA) is 76.2 Å². The van der Waals surface area contributed by atoms with E-state index in [-0.39, 0.29) is 27.8 Å². The van der Waals surface area contributed by atoms with E-state index in [4.69, 9.17) is 21.6 Å². The predicted molar refractivity (Wildman–Crippen MR) is 69.3 cm³/mol. The molecule has 20 heavy (non-hydrogen) atoms. The number of nitro benzene ring substituents is 1. The smallest absolute Gasteiger partial charge is 0.311 e. The van der Waals surface area contributed by atoms with E-state index < -0.39 is 10.7 Å². The number of nitro groups is 1. The van der Waals surface area contributed by atoms with Gasteiger partial charge < -0.3 is 4.74 Å². The maximum absolute atomic E-state index is 13.7. The molecule has 100 valence electrons. The van der Waals surface area contributed by atoms with Gasteiger partial charge in [0, 0.05) is 17.2 Å². The molecule has 0 atom stereocenters. The first-order chi connectivity index (χ1) is 9.51. The molecular formula is C13H6ClFN2O3. The molecule has 0 saturated heterocycles. The molecular weight excluding hydrogens is 287 g/mol. The van der Waals surface area contributed by atoms with Gasteiger partial charge in [-0.1, -0.05) is 11.6 Å². The third-order valence-corrected chi connectivity index (χ3v) is 2.63.